The topological polar surface area (TPSA) is 175 Å². The van der Waals surface area contributed by atoms with Gasteiger partial charge in [-0.05, 0) is 133 Å². The zero-order valence-corrected chi connectivity index (χ0v) is 39.4. The Morgan fingerprint density at radius 2 is 1.09 bits per heavy atom. The highest BCUT2D eigenvalue weighted by Gasteiger charge is 2.45. The van der Waals surface area contributed by atoms with Crippen LogP contribution >= 0.6 is 0 Å². The van der Waals surface area contributed by atoms with Gasteiger partial charge in [0.1, 0.15) is 23.7 Å². The van der Waals surface area contributed by atoms with Gasteiger partial charge in [-0.15, -0.1) is 0 Å². The Bertz CT molecular complexity index is 2540. The van der Waals surface area contributed by atoms with Gasteiger partial charge < -0.3 is 39.9 Å². The van der Waals surface area contributed by atoms with Crippen molar-refractivity contribution in [3.8, 4) is 33.6 Å². The van der Waals surface area contributed by atoms with E-state index < -0.39 is 24.3 Å². The first kappa shape index (κ1) is 44.2. The van der Waals surface area contributed by atoms with Crippen LogP contribution in [-0.4, -0.2) is 93.1 Å². The number of aromatic nitrogens is 4. The first-order valence-corrected chi connectivity index (χ1v) is 24.6. The number of rotatable bonds is 11. The molecule has 0 radical (unpaired) electrons. The second kappa shape index (κ2) is 17.5. The number of carbonyl (C=O) groups excluding carboxylic acids is 4. The summed E-state index contributed by atoms with van der Waals surface area (Å²) in [5.41, 5.74) is 13.3. The molecule has 6 aliphatic rings. The number of ether oxygens (including phenoxy) is 2. The van der Waals surface area contributed by atoms with Crippen molar-refractivity contribution in [2.45, 2.75) is 147 Å². The molecule has 4 aliphatic carbocycles. The molecule has 10 rings (SSSR count). The van der Waals surface area contributed by atoms with E-state index in [4.69, 9.17) is 19.4 Å². The van der Waals surface area contributed by atoms with Gasteiger partial charge in [-0.3, -0.25) is 9.59 Å². The predicted octanol–water partition coefficient (Wildman–Crippen LogP) is 9.25. The van der Waals surface area contributed by atoms with E-state index in [9.17, 15) is 19.2 Å². The number of hydrogen-bond acceptors (Lipinski definition) is 8. The summed E-state index contributed by atoms with van der Waals surface area (Å²) in [5.74, 6) is 2.17. The third kappa shape index (κ3) is 7.65. The fourth-order valence-corrected chi connectivity index (χ4v) is 13.1. The number of fused-ring (bicyclic) bond motifs is 6. The largest absolute Gasteiger partial charge is 0.453 e. The maximum Gasteiger partial charge on any atom is 0.407 e. The van der Waals surface area contributed by atoms with Gasteiger partial charge in [-0.25, -0.2) is 19.6 Å². The molecule has 2 saturated carbocycles. The SMILES string of the molecule is COC(=O)NC(C(=O)N1CCC[C@H]1c1ncc(-c2ccc(-c3ccc(-c4cnc([C@H]5CCCN5C(=O)[C@@H](NC(=O)OC)C(C)C)[nH]4)c4c3C3CCC4C3)c3c2CC2(CCCC2)C3)[nH]1)C(C)C. The lowest BCUT2D eigenvalue weighted by molar-refractivity contribution is -0.136. The van der Waals surface area contributed by atoms with E-state index >= 15 is 0 Å². The molecule has 2 aliphatic heterocycles. The zero-order valence-electron chi connectivity index (χ0n) is 39.4. The average molecular weight is 899 g/mol. The summed E-state index contributed by atoms with van der Waals surface area (Å²) in [4.78, 5) is 73.3. The smallest absolute Gasteiger partial charge is 0.407 e. The van der Waals surface area contributed by atoms with Crippen molar-refractivity contribution < 1.29 is 28.7 Å². The molecular weight excluding hydrogens is 833 g/mol. The highest BCUT2D eigenvalue weighted by atomic mass is 16.5. The van der Waals surface area contributed by atoms with Crippen LogP contribution in [0.2, 0.25) is 0 Å². The Morgan fingerprint density at radius 1 is 0.636 bits per heavy atom. The van der Waals surface area contributed by atoms with Crippen LogP contribution in [0.5, 0.6) is 0 Å². The summed E-state index contributed by atoms with van der Waals surface area (Å²) in [7, 11) is 2.63. The molecule has 4 heterocycles. The Hall–Kier alpha value is -5.66. The average Bonchev–Trinajstić information content (AvgIpc) is 4.17. The van der Waals surface area contributed by atoms with Crippen LogP contribution in [0.25, 0.3) is 33.6 Å². The third-order valence-corrected chi connectivity index (χ3v) is 16.3. The van der Waals surface area contributed by atoms with Gasteiger partial charge in [-0.2, -0.15) is 0 Å². The van der Waals surface area contributed by atoms with Crippen LogP contribution in [-0.2, 0) is 31.9 Å². The predicted molar refractivity (Wildman–Crippen MR) is 250 cm³/mol. The molecule has 2 saturated heterocycles. The molecule has 2 aromatic carbocycles. The van der Waals surface area contributed by atoms with Crippen LogP contribution in [0, 0.1) is 17.3 Å². The van der Waals surface area contributed by atoms with E-state index in [0.717, 1.165) is 61.6 Å². The molecule has 3 unspecified atom stereocenters. The van der Waals surface area contributed by atoms with E-state index in [-0.39, 0.29) is 41.1 Å². The standard InChI is InChI=1S/C52H66N8O6/c1-28(2)44(57-50(63)65-5)48(61)59-21-9-11-40(59)46-53-26-38(55-46)33-16-15-32(36-24-52(25-37(33)36)19-7-8-20-52)34-17-18-35(43-31-14-13-30(23-31)42(34)43)39-27-54-47(56-39)41-12-10-22-60(41)49(62)45(29(3)4)58-51(64)66-6/h15-18,26-31,40-41,44-45H,7-14,19-25H2,1-6H3,(H,53,55)(H,54,56)(H,57,63)(H,58,64)/t30?,31?,40-,41+,44?,45-/m0/s1. The number of H-pyrrole nitrogens is 2. The second-order valence-corrected chi connectivity index (χ2v) is 20.8. The van der Waals surface area contributed by atoms with Gasteiger partial charge in [0.05, 0.1) is 50.1 Å². The van der Waals surface area contributed by atoms with Crippen molar-refractivity contribution in [3.63, 3.8) is 0 Å². The number of amides is 4. The number of imidazole rings is 2. The molecule has 6 atom stereocenters. The summed E-state index contributed by atoms with van der Waals surface area (Å²) >= 11 is 0. The van der Waals surface area contributed by atoms with Gasteiger partial charge >= 0.3 is 12.2 Å². The lowest BCUT2D eigenvalue weighted by Crippen LogP contribution is -2.51. The van der Waals surface area contributed by atoms with Crippen molar-refractivity contribution in [2.24, 2.45) is 17.3 Å². The summed E-state index contributed by atoms with van der Waals surface area (Å²) in [5, 5.41) is 5.53. The fraction of sp³-hybridized carbons (Fsp3) is 0.577. The molecule has 4 amide bonds. The van der Waals surface area contributed by atoms with Gasteiger partial charge in [-0.1, -0.05) is 64.8 Å². The van der Waals surface area contributed by atoms with Crippen LogP contribution in [0.1, 0.15) is 156 Å². The summed E-state index contributed by atoms with van der Waals surface area (Å²) < 4.78 is 9.71. The van der Waals surface area contributed by atoms with E-state index in [0.29, 0.717) is 24.9 Å². The summed E-state index contributed by atoms with van der Waals surface area (Å²) in [6, 6.07) is 7.63. The first-order valence-electron chi connectivity index (χ1n) is 24.6. The van der Waals surface area contributed by atoms with Gasteiger partial charge in [0.25, 0.3) is 0 Å². The molecule has 4 fully saturated rings. The fourth-order valence-electron chi connectivity index (χ4n) is 13.1. The lowest BCUT2D eigenvalue weighted by atomic mass is 9.80. The Balaban J connectivity index is 0.969. The third-order valence-electron chi connectivity index (χ3n) is 16.3. The van der Waals surface area contributed by atoms with Crippen molar-refractivity contribution in [1.82, 2.24) is 40.4 Å². The molecule has 2 aromatic heterocycles. The Labute approximate surface area is 387 Å². The highest BCUT2D eigenvalue weighted by molar-refractivity contribution is 5.88. The molecule has 4 aromatic rings. The van der Waals surface area contributed by atoms with Gasteiger partial charge in [0, 0.05) is 24.2 Å². The molecule has 14 nitrogen and oxygen atoms in total. The first-order chi connectivity index (χ1) is 31.9. The number of carbonyl (C=O) groups is 4. The number of aromatic amines is 2. The lowest BCUT2D eigenvalue weighted by Gasteiger charge is -2.30. The van der Waals surface area contributed by atoms with Crippen LogP contribution in [0.15, 0.2) is 36.7 Å². The molecule has 350 valence electrons. The molecule has 14 heteroatoms. The van der Waals surface area contributed by atoms with Crippen molar-refractivity contribution in [3.05, 3.63) is 70.6 Å². The van der Waals surface area contributed by atoms with Crippen molar-refractivity contribution >= 4 is 24.0 Å². The molecular formula is C52H66N8O6. The molecule has 2 bridgehead atoms. The van der Waals surface area contributed by atoms with Crippen LogP contribution in [0.4, 0.5) is 9.59 Å². The summed E-state index contributed by atoms with van der Waals surface area (Å²) in [6.45, 7) is 8.97. The number of likely N-dealkylation sites (tertiary alicyclic amines) is 2. The summed E-state index contributed by atoms with van der Waals surface area (Å²) in [6.07, 6.45) is 16.8. The maximum atomic E-state index is 13.9. The van der Waals surface area contributed by atoms with E-state index in [1.807, 2.05) is 49.9 Å². The van der Waals surface area contributed by atoms with Crippen molar-refractivity contribution in [2.75, 3.05) is 27.3 Å². The minimum absolute atomic E-state index is 0.101. The van der Waals surface area contributed by atoms with E-state index in [1.54, 1.807) is 0 Å². The van der Waals surface area contributed by atoms with E-state index in [2.05, 4.69) is 44.9 Å². The quantitative estimate of drug-likeness (QED) is 0.115. The minimum atomic E-state index is -0.685. The number of benzene rings is 2. The number of alkyl carbamates (subject to hydrolysis) is 2. The number of hydrogen-bond donors (Lipinski definition) is 4. The highest BCUT2D eigenvalue weighted by Crippen LogP contribution is 2.60. The Kier molecular flexibility index (Phi) is 11.7. The molecule has 66 heavy (non-hydrogen) atoms. The van der Waals surface area contributed by atoms with Gasteiger partial charge in [0.2, 0.25) is 11.8 Å². The zero-order chi connectivity index (χ0) is 46.0. The second-order valence-electron chi connectivity index (χ2n) is 20.8. The normalized spacial score (nSPS) is 23.5. The number of methoxy groups -OCH3 is 2. The van der Waals surface area contributed by atoms with Crippen LogP contribution in [0.3, 0.4) is 0 Å². The monoisotopic (exact) mass is 899 g/mol. The molecule has 1 spiro atoms. The number of nitrogens with one attached hydrogen (secondary N) is 4. The molecule has 4 N–H and O–H groups in total. The maximum absolute atomic E-state index is 13.9. The van der Waals surface area contributed by atoms with E-state index in [1.165, 1.54) is 104 Å². The van der Waals surface area contributed by atoms with Gasteiger partial charge in [0.15, 0.2) is 0 Å². The Morgan fingerprint density at radius 3 is 1.61 bits per heavy atom. The van der Waals surface area contributed by atoms with Crippen molar-refractivity contribution in [1.29, 1.82) is 0 Å². The minimum Gasteiger partial charge on any atom is -0.453 e. The van der Waals surface area contributed by atoms with Crippen LogP contribution < -0.4 is 10.6 Å². The number of nitrogens with zero attached hydrogens (tertiary/aromatic N) is 4.